The zero-order valence-electron chi connectivity index (χ0n) is 19.3. The zero-order valence-corrected chi connectivity index (χ0v) is 19.3. The summed E-state index contributed by atoms with van der Waals surface area (Å²) in [6.07, 6.45) is 0. The zero-order chi connectivity index (χ0) is 24.8. The van der Waals surface area contributed by atoms with Crippen molar-refractivity contribution in [1.82, 2.24) is 5.32 Å². The van der Waals surface area contributed by atoms with E-state index in [-0.39, 0.29) is 22.9 Å². The number of phenolic OH excluding ortho intramolecular Hbond substituents is 1. The van der Waals surface area contributed by atoms with Gasteiger partial charge >= 0.3 is 0 Å². The summed E-state index contributed by atoms with van der Waals surface area (Å²) < 4.78 is 5.36. The molecule has 0 atom stereocenters. The van der Waals surface area contributed by atoms with Crippen LogP contribution in [-0.4, -0.2) is 30.6 Å². The first-order valence-corrected chi connectivity index (χ1v) is 11.0. The van der Waals surface area contributed by atoms with E-state index in [1.54, 1.807) is 60.7 Å². The number of rotatable bonds is 7. The topological polar surface area (TPSA) is 112 Å². The van der Waals surface area contributed by atoms with Gasteiger partial charge in [0.05, 0.1) is 12.7 Å². The summed E-state index contributed by atoms with van der Waals surface area (Å²) >= 11 is 0. The molecule has 0 heterocycles. The van der Waals surface area contributed by atoms with Crippen molar-refractivity contribution in [2.45, 2.75) is 6.92 Å². The second-order valence-corrected chi connectivity index (χ2v) is 7.61. The maximum atomic E-state index is 13.0. The fourth-order valence-corrected chi connectivity index (χ4v) is 3.59. The van der Waals surface area contributed by atoms with E-state index in [4.69, 9.17) is 4.74 Å². The number of benzene rings is 4. The fourth-order valence-electron chi connectivity index (χ4n) is 3.59. The second-order valence-electron chi connectivity index (χ2n) is 7.61. The quantitative estimate of drug-likeness (QED) is 0.290. The van der Waals surface area contributed by atoms with Crippen molar-refractivity contribution in [1.29, 1.82) is 0 Å². The third-order valence-corrected chi connectivity index (χ3v) is 5.31. The highest BCUT2D eigenvalue weighted by Gasteiger charge is 2.19. The first-order valence-electron chi connectivity index (χ1n) is 11.0. The number of hydrogen-bond donors (Lipinski definition) is 3. The van der Waals surface area contributed by atoms with E-state index >= 15 is 0 Å². The molecule has 4 aromatic carbocycles. The van der Waals surface area contributed by atoms with Crippen molar-refractivity contribution < 1.29 is 19.4 Å². The predicted molar refractivity (Wildman–Crippen MR) is 135 cm³/mol. The number of carbonyl (C=O) groups excluding carboxylic acids is 2. The molecule has 0 unspecified atom stereocenters. The molecule has 0 bridgehead atoms. The normalized spacial score (nSPS) is 10.9. The molecule has 4 rings (SSSR count). The summed E-state index contributed by atoms with van der Waals surface area (Å²) in [5.74, 6) is -0.630. The number of nitrogens with one attached hydrogen (secondary N) is 2. The van der Waals surface area contributed by atoms with Gasteiger partial charge in [0.1, 0.15) is 17.1 Å². The lowest BCUT2D eigenvalue weighted by Gasteiger charge is -2.11. The van der Waals surface area contributed by atoms with Gasteiger partial charge in [-0.05, 0) is 48.7 Å². The lowest BCUT2D eigenvalue weighted by atomic mass is 10.0. The van der Waals surface area contributed by atoms with Crippen LogP contribution in [0.3, 0.4) is 0 Å². The Morgan fingerprint density at radius 1 is 0.914 bits per heavy atom. The van der Waals surface area contributed by atoms with Crippen molar-refractivity contribution in [3.8, 4) is 11.5 Å². The molecule has 4 aromatic rings. The Morgan fingerprint density at radius 3 is 2.40 bits per heavy atom. The standard InChI is InChI=1S/C27H24N4O4/c1-3-28-26(33)18-13-14-23(35-2)22(16-18)30-31-24-20-12-8-7-9-17(20)15-21(25(24)32)27(34)29-19-10-5-4-6-11-19/h4-16,32H,3H2,1-2H3,(H,28,33)(H,29,34)/b31-30+. The van der Waals surface area contributed by atoms with E-state index in [1.807, 2.05) is 25.1 Å². The number of fused-ring (bicyclic) bond motifs is 1. The Labute approximate surface area is 202 Å². The molecule has 3 N–H and O–H groups in total. The van der Waals surface area contributed by atoms with Crippen molar-refractivity contribution in [3.63, 3.8) is 0 Å². The number of azo groups is 1. The molecule has 0 aliphatic rings. The minimum atomic E-state index is -0.480. The molecule has 0 radical (unpaired) electrons. The minimum absolute atomic E-state index is 0.0598. The van der Waals surface area contributed by atoms with E-state index in [9.17, 15) is 14.7 Å². The summed E-state index contributed by atoms with van der Waals surface area (Å²) in [5, 5.41) is 26.4. The van der Waals surface area contributed by atoms with Crippen LogP contribution >= 0.6 is 0 Å². The van der Waals surface area contributed by atoms with Crippen LogP contribution in [0.5, 0.6) is 11.5 Å². The predicted octanol–water partition coefficient (Wildman–Crippen LogP) is 5.97. The van der Waals surface area contributed by atoms with Crippen LogP contribution in [0.25, 0.3) is 10.8 Å². The molecule has 0 fully saturated rings. The van der Waals surface area contributed by atoms with Crippen LogP contribution in [0.1, 0.15) is 27.6 Å². The smallest absolute Gasteiger partial charge is 0.259 e. The van der Waals surface area contributed by atoms with Gasteiger partial charge < -0.3 is 20.5 Å². The minimum Gasteiger partial charge on any atom is -0.505 e. The number of nitrogens with zero attached hydrogens (tertiary/aromatic N) is 2. The third-order valence-electron chi connectivity index (χ3n) is 5.31. The number of para-hydroxylation sites is 1. The number of anilines is 1. The molecule has 0 saturated heterocycles. The van der Waals surface area contributed by atoms with E-state index < -0.39 is 5.91 Å². The van der Waals surface area contributed by atoms with Gasteiger partial charge in [-0.25, -0.2) is 0 Å². The summed E-state index contributed by atoms with van der Waals surface area (Å²) in [7, 11) is 1.49. The van der Waals surface area contributed by atoms with E-state index in [0.29, 0.717) is 40.0 Å². The van der Waals surface area contributed by atoms with E-state index in [2.05, 4.69) is 20.9 Å². The molecule has 0 spiro atoms. The molecule has 8 heteroatoms. The molecule has 8 nitrogen and oxygen atoms in total. The Hall–Kier alpha value is -4.72. The molecule has 2 amide bonds. The van der Waals surface area contributed by atoms with E-state index in [1.165, 1.54) is 7.11 Å². The molecule has 0 aliphatic carbocycles. The SMILES string of the molecule is CCNC(=O)c1ccc(OC)c(/N=N/c2c(O)c(C(=O)Nc3ccccc3)cc3ccccc23)c1. The number of phenols is 1. The van der Waals surface area contributed by atoms with Crippen LogP contribution in [0.15, 0.2) is 89.1 Å². The van der Waals surface area contributed by atoms with Gasteiger partial charge in [-0.15, -0.1) is 10.2 Å². The van der Waals surface area contributed by atoms with E-state index in [0.717, 1.165) is 0 Å². The maximum Gasteiger partial charge on any atom is 0.259 e. The number of amides is 2. The number of hydrogen-bond acceptors (Lipinski definition) is 6. The Balaban J connectivity index is 1.78. The van der Waals surface area contributed by atoms with Gasteiger partial charge in [0.25, 0.3) is 11.8 Å². The number of carbonyl (C=O) groups is 2. The molecule has 0 aliphatic heterocycles. The summed E-state index contributed by atoms with van der Waals surface area (Å²) in [6, 6.07) is 22.6. The Morgan fingerprint density at radius 2 is 1.66 bits per heavy atom. The van der Waals surface area contributed by atoms with Crippen molar-refractivity contribution in [2.24, 2.45) is 10.2 Å². The summed E-state index contributed by atoms with van der Waals surface area (Å²) in [4.78, 5) is 25.2. The monoisotopic (exact) mass is 468 g/mol. The summed E-state index contributed by atoms with van der Waals surface area (Å²) in [6.45, 7) is 2.32. The third kappa shape index (κ3) is 5.11. The molecular formula is C27H24N4O4. The average molecular weight is 469 g/mol. The van der Waals surface area contributed by atoms with Crippen LogP contribution < -0.4 is 15.4 Å². The highest BCUT2D eigenvalue weighted by Crippen LogP contribution is 2.40. The number of ether oxygens (including phenoxy) is 1. The van der Waals surface area contributed by atoms with Crippen LogP contribution in [0.4, 0.5) is 17.1 Å². The number of methoxy groups -OCH3 is 1. The van der Waals surface area contributed by atoms with Gasteiger partial charge in [0.15, 0.2) is 5.75 Å². The van der Waals surface area contributed by atoms with Crippen LogP contribution in [-0.2, 0) is 0 Å². The van der Waals surface area contributed by atoms with Gasteiger partial charge in [-0.3, -0.25) is 9.59 Å². The lowest BCUT2D eigenvalue weighted by Crippen LogP contribution is -2.22. The fraction of sp³-hybridized carbons (Fsp3) is 0.111. The molecule has 35 heavy (non-hydrogen) atoms. The molecule has 0 saturated carbocycles. The van der Waals surface area contributed by atoms with Crippen molar-refractivity contribution in [3.05, 3.63) is 90.0 Å². The van der Waals surface area contributed by atoms with Crippen molar-refractivity contribution >= 4 is 39.6 Å². The highest BCUT2D eigenvalue weighted by atomic mass is 16.5. The molecule has 176 valence electrons. The average Bonchev–Trinajstić information content (AvgIpc) is 2.88. The van der Waals surface area contributed by atoms with Crippen molar-refractivity contribution in [2.75, 3.05) is 19.0 Å². The second kappa shape index (κ2) is 10.5. The molecule has 0 aromatic heterocycles. The van der Waals surface area contributed by atoms with Gasteiger partial charge in [-0.1, -0.05) is 42.5 Å². The first kappa shape index (κ1) is 23.4. The van der Waals surface area contributed by atoms with Crippen LogP contribution in [0, 0.1) is 0 Å². The largest absolute Gasteiger partial charge is 0.505 e. The maximum absolute atomic E-state index is 13.0. The summed E-state index contributed by atoms with van der Waals surface area (Å²) in [5.41, 5.74) is 1.49. The highest BCUT2D eigenvalue weighted by molar-refractivity contribution is 6.11. The Bertz CT molecular complexity index is 1420. The lowest BCUT2D eigenvalue weighted by molar-refractivity contribution is 0.0954. The van der Waals surface area contributed by atoms with Crippen LogP contribution in [0.2, 0.25) is 0 Å². The first-order chi connectivity index (χ1) is 17.0. The Kier molecular flexibility index (Phi) is 7.02. The molecular weight excluding hydrogens is 444 g/mol. The number of aromatic hydroxyl groups is 1. The van der Waals surface area contributed by atoms with Gasteiger partial charge in [0, 0.05) is 23.2 Å². The van der Waals surface area contributed by atoms with Gasteiger partial charge in [0.2, 0.25) is 0 Å². The van der Waals surface area contributed by atoms with Gasteiger partial charge in [-0.2, -0.15) is 0 Å².